The van der Waals surface area contributed by atoms with E-state index in [1.807, 2.05) is 0 Å². The highest BCUT2D eigenvalue weighted by Gasteiger charge is 2.21. The van der Waals surface area contributed by atoms with Gasteiger partial charge in [-0.1, -0.05) is 6.07 Å². The zero-order valence-electron chi connectivity index (χ0n) is 10.5. The molecule has 0 heterocycles. The van der Waals surface area contributed by atoms with Crippen LogP contribution in [0.4, 0.5) is 13.2 Å². The average Bonchev–Trinajstić information content (AvgIpc) is 2.43. The van der Waals surface area contributed by atoms with Crippen LogP contribution in [0.3, 0.4) is 0 Å². The molecule has 2 aromatic carbocycles. The van der Waals surface area contributed by atoms with Crippen LogP contribution in [-0.2, 0) is 0 Å². The molecule has 0 saturated heterocycles. The molecular formula is C14H11BrF3NO. The van der Waals surface area contributed by atoms with Crippen LogP contribution in [0.25, 0.3) is 0 Å². The highest BCUT2D eigenvalue weighted by Crippen LogP contribution is 2.30. The number of methoxy groups -OCH3 is 1. The molecule has 106 valence electrons. The standard InChI is InChI=1S/C14H11BrF3NO/c1-20-11-5-2-7(6-10(11)17)14(19)12-9(16)4-3-8(15)13(12)18/h2-6,14H,19H2,1H3. The van der Waals surface area contributed by atoms with E-state index in [1.165, 1.54) is 25.3 Å². The zero-order valence-corrected chi connectivity index (χ0v) is 12.0. The summed E-state index contributed by atoms with van der Waals surface area (Å²) in [5.41, 5.74) is 5.77. The third-order valence-corrected chi connectivity index (χ3v) is 3.54. The molecular weight excluding hydrogens is 335 g/mol. The van der Waals surface area contributed by atoms with Crippen LogP contribution in [0.15, 0.2) is 34.8 Å². The molecule has 0 amide bonds. The molecule has 0 spiro atoms. The van der Waals surface area contributed by atoms with E-state index >= 15 is 0 Å². The van der Waals surface area contributed by atoms with Gasteiger partial charge in [0.15, 0.2) is 11.6 Å². The first-order valence-electron chi connectivity index (χ1n) is 5.68. The van der Waals surface area contributed by atoms with E-state index in [2.05, 4.69) is 15.9 Å². The highest BCUT2D eigenvalue weighted by atomic mass is 79.9. The van der Waals surface area contributed by atoms with Gasteiger partial charge < -0.3 is 10.5 Å². The van der Waals surface area contributed by atoms with Crippen LogP contribution >= 0.6 is 15.9 Å². The number of halogens is 4. The second-order valence-electron chi connectivity index (χ2n) is 4.13. The van der Waals surface area contributed by atoms with E-state index in [-0.39, 0.29) is 21.3 Å². The lowest BCUT2D eigenvalue weighted by Crippen LogP contribution is -2.16. The maximum Gasteiger partial charge on any atom is 0.165 e. The van der Waals surface area contributed by atoms with Gasteiger partial charge in [0, 0.05) is 5.56 Å². The Kier molecular flexibility index (Phi) is 4.35. The fourth-order valence-corrected chi connectivity index (χ4v) is 2.22. The zero-order chi connectivity index (χ0) is 14.9. The lowest BCUT2D eigenvalue weighted by Gasteiger charge is -2.16. The summed E-state index contributed by atoms with van der Waals surface area (Å²) in [5, 5.41) is 0. The summed E-state index contributed by atoms with van der Waals surface area (Å²) in [7, 11) is 1.33. The van der Waals surface area contributed by atoms with E-state index in [9.17, 15) is 13.2 Å². The summed E-state index contributed by atoms with van der Waals surface area (Å²) >= 11 is 2.97. The SMILES string of the molecule is COc1ccc(C(N)c2c(F)ccc(Br)c2F)cc1F. The molecule has 0 aliphatic carbocycles. The van der Waals surface area contributed by atoms with Crippen molar-refractivity contribution in [3.63, 3.8) is 0 Å². The lowest BCUT2D eigenvalue weighted by atomic mass is 9.98. The third-order valence-electron chi connectivity index (χ3n) is 2.93. The normalized spacial score (nSPS) is 12.3. The quantitative estimate of drug-likeness (QED) is 0.855. The van der Waals surface area contributed by atoms with Gasteiger partial charge >= 0.3 is 0 Å². The van der Waals surface area contributed by atoms with Gasteiger partial charge in [-0.15, -0.1) is 0 Å². The van der Waals surface area contributed by atoms with Gasteiger partial charge in [0.1, 0.15) is 11.6 Å². The molecule has 2 nitrogen and oxygen atoms in total. The van der Waals surface area contributed by atoms with E-state index in [1.54, 1.807) is 0 Å². The molecule has 20 heavy (non-hydrogen) atoms. The second kappa shape index (κ2) is 5.85. The summed E-state index contributed by atoms with van der Waals surface area (Å²) in [6.45, 7) is 0. The first-order chi connectivity index (χ1) is 9.45. The third kappa shape index (κ3) is 2.66. The van der Waals surface area contributed by atoms with Gasteiger partial charge in [0.25, 0.3) is 0 Å². The molecule has 0 aliphatic heterocycles. The Balaban J connectivity index is 2.49. The van der Waals surface area contributed by atoms with Crippen molar-refractivity contribution >= 4 is 15.9 Å². The van der Waals surface area contributed by atoms with Crippen molar-refractivity contribution in [2.24, 2.45) is 5.73 Å². The smallest absolute Gasteiger partial charge is 0.165 e. The maximum atomic E-state index is 14.0. The number of hydrogen-bond donors (Lipinski definition) is 1. The van der Waals surface area contributed by atoms with Crippen LogP contribution < -0.4 is 10.5 Å². The van der Waals surface area contributed by atoms with E-state index in [4.69, 9.17) is 10.5 Å². The number of hydrogen-bond acceptors (Lipinski definition) is 2. The van der Waals surface area contributed by atoms with Crippen LogP contribution in [-0.4, -0.2) is 7.11 Å². The molecule has 0 aliphatic rings. The minimum absolute atomic E-state index is 0.0381. The molecule has 0 fully saturated rings. The Morgan fingerprint density at radius 3 is 2.40 bits per heavy atom. The summed E-state index contributed by atoms with van der Waals surface area (Å²) in [6, 6.07) is 5.15. The predicted molar refractivity (Wildman–Crippen MR) is 73.0 cm³/mol. The van der Waals surface area contributed by atoms with Crippen molar-refractivity contribution in [1.29, 1.82) is 0 Å². The minimum Gasteiger partial charge on any atom is -0.494 e. The summed E-state index contributed by atoms with van der Waals surface area (Å²) in [4.78, 5) is 0. The molecule has 2 N–H and O–H groups in total. The van der Waals surface area contributed by atoms with Gasteiger partial charge in [0.05, 0.1) is 17.6 Å². The van der Waals surface area contributed by atoms with Crippen molar-refractivity contribution in [2.45, 2.75) is 6.04 Å². The molecule has 2 rings (SSSR count). The Bertz CT molecular complexity index is 649. The van der Waals surface area contributed by atoms with E-state index in [0.717, 1.165) is 12.1 Å². The molecule has 0 radical (unpaired) electrons. The van der Waals surface area contributed by atoms with Crippen molar-refractivity contribution in [2.75, 3.05) is 7.11 Å². The van der Waals surface area contributed by atoms with Gasteiger partial charge in [-0.2, -0.15) is 0 Å². The summed E-state index contributed by atoms with van der Waals surface area (Å²) in [6.07, 6.45) is 0. The van der Waals surface area contributed by atoms with E-state index < -0.39 is 23.5 Å². The Hall–Kier alpha value is -1.53. The minimum atomic E-state index is -1.12. The van der Waals surface area contributed by atoms with Gasteiger partial charge in [-0.25, -0.2) is 13.2 Å². The molecule has 6 heteroatoms. The molecule has 2 aromatic rings. The van der Waals surface area contributed by atoms with E-state index in [0.29, 0.717) is 0 Å². The van der Waals surface area contributed by atoms with Crippen LogP contribution in [0.2, 0.25) is 0 Å². The topological polar surface area (TPSA) is 35.2 Å². The van der Waals surface area contributed by atoms with Crippen molar-refractivity contribution < 1.29 is 17.9 Å². The number of nitrogens with two attached hydrogens (primary N) is 1. The fraction of sp³-hybridized carbons (Fsp3) is 0.143. The molecule has 0 saturated carbocycles. The van der Waals surface area contributed by atoms with Crippen LogP contribution in [0.5, 0.6) is 5.75 Å². The molecule has 1 unspecified atom stereocenters. The monoisotopic (exact) mass is 345 g/mol. The van der Waals surface area contributed by atoms with Crippen LogP contribution in [0, 0.1) is 17.5 Å². The molecule has 0 bridgehead atoms. The van der Waals surface area contributed by atoms with Gasteiger partial charge in [-0.3, -0.25) is 0 Å². The number of benzene rings is 2. The fourth-order valence-electron chi connectivity index (χ4n) is 1.87. The molecule has 0 aromatic heterocycles. The summed E-state index contributed by atoms with van der Waals surface area (Å²) < 4.78 is 46.2. The molecule has 1 atom stereocenters. The highest BCUT2D eigenvalue weighted by molar-refractivity contribution is 9.10. The first-order valence-corrected chi connectivity index (χ1v) is 6.47. The second-order valence-corrected chi connectivity index (χ2v) is 4.98. The maximum absolute atomic E-state index is 14.0. The first kappa shape index (κ1) is 14.9. The Morgan fingerprint density at radius 1 is 1.10 bits per heavy atom. The Labute approximate surface area is 122 Å². The lowest BCUT2D eigenvalue weighted by molar-refractivity contribution is 0.386. The average molecular weight is 346 g/mol. The van der Waals surface area contributed by atoms with Crippen LogP contribution in [0.1, 0.15) is 17.2 Å². The Morgan fingerprint density at radius 2 is 1.80 bits per heavy atom. The summed E-state index contributed by atoms with van der Waals surface area (Å²) in [5.74, 6) is -2.18. The number of ether oxygens (including phenoxy) is 1. The van der Waals surface area contributed by atoms with Crippen molar-refractivity contribution in [3.05, 3.63) is 63.4 Å². The number of rotatable bonds is 3. The predicted octanol–water partition coefficient (Wildman–Crippen LogP) is 3.92. The van der Waals surface area contributed by atoms with Gasteiger partial charge in [0.2, 0.25) is 0 Å². The van der Waals surface area contributed by atoms with Crippen molar-refractivity contribution in [1.82, 2.24) is 0 Å². The van der Waals surface area contributed by atoms with Crippen molar-refractivity contribution in [3.8, 4) is 5.75 Å². The van der Waals surface area contributed by atoms with Gasteiger partial charge in [-0.05, 0) is 45.8 Å². The largest absolute Gasteiger partial charge is 0.494 e.